The predicted octanol–water partition coefficient (Wildman–Crippen LogP) is -0.391. The second-order valence-corrected chi connectivity index (χ2v) is 4.59. The Kier molecular flexibility index (Phi) is 5.07. The molecule has 1 aliphatic heterocycles. The van der Waals surface area contributed by atoms with Crippen molar-refractivity contribution in [1.29, 1.82) is 5.41 Å². The van der Waals surface area contributed by atoms with Crippen molar-refractivity contribution in [2.24, 2.45) is 0 Å². The minimum atomic E-state index is -0.450. The molecule has 4 N–H and O–H groups in total. The summed E-state index contributed by atoms with van der Waals surface area (Å²) in [4.78, 5) is 17.9. The number of aliphatic hydroxyl groups excluding tert-OH is 1. The molecule has 8 nitrogen and oxygen atoms in total. The average molecular weight is 303 g/mol. The number of nitrogens with one attached hydrogen (secondary N) is 3. The van der Waals surface area contributed by atoms with Gasteiger partial charge in [0.2, 0.25) is 5.28 Å². The fourth-order valence-electron chi connectivity index (χ4n) is 1.76. The molecular formula is C11H15ClN4O4. The summed E-state index contributed by atoms with van der Waals surface area (Å²) in [7, 11) is 0. The first-order valence-electron chi connectivity index (χ1n) is 6.02. The van der Waals surface area contributed by atoms with Crippen molar-refractivity contribution in [1.82, 2.24) is 9.97 Å². The molecule has 0 aliphatic carbocycles. The van der Waals surface area contributed by atoms with Gasteiger partial charge in [-0.05, 0) is 11.6 Å². The number of rotatable bonds is 5. The third kappa shape index (κ3) is 3.54. The number of H-pyrrole nitrogens is 1. The molecule has 1 aromatic heterocycles. The van der Waals surface area contributed by atoms with Crippen molar-refractivity contribution in [3.8, 4) is 0 Å². The molecule has 9 heteroatoms. The largest absolute Gasteiger partial charge is 0.394 e. The van der Waals surface area contributed by atoms with Gasteiger partial charge in [0, 0.05) is 12.8 Å². The van der Waals surface area contributed by atoms with Crippen LogP contribution in [0, 0.1) is 5.41 Å². The number of aliphatic hydroxyl groups is 1. The van der Waals surface area contributed by atoms with E-state index in [2.05, 4.69) is 15.3 Å². The molecule has 0 radical (unpaired) electrons. The fraction of sp³-hybridized carbons (Fsp3) is 0.545. The van der Waals surface area contributed by atoms with Gasteiger partial charge in [0.05, 0.1) is 25.9 Å². The maximum absolute atomic E-state index is 11.7. The first-order chi connectivity index (χ1) is 9.63. The Bertz CT molecular complexity index is 528. The highest BCUT2D eigenvalue weighted by Crippen LogP contribution is 2.10. The van der Waals surface area contributed by atoms with E-state index >= 15 is 0 Å². The van der Waals surface area contributed by atoms with Crippen LogP contribution in [0.3, 0.4) is 0 Å². The standard InChI is InChI=1S/C11H15ClN4O4/c12-11-15-8(1-13)9(10(18)16-11)14-2-6-4-20-7(3-17)5-19-6/h1,6-7,13-14,17H,2-5H2,(H,15,16,18). The lowest BCUT2D eigenvalue weighted by atomic mass is 10.2. The Morgan fingerprint density at radius 2 is 2.20 bits per heavy atom. The van der Waals surface area contributed by atoms with Crippen LogP contribution in [0.4, 0.5) is 5.69 Å². The first kappa shape index (κ1) is 14.9. The lowest BCUT2D eigenvalue weighted by molar-refractivity contribution is -0.140. The first-order valence-corrected chi connectivity index (χ1v) is 6.40. The molecule has 2 rings (SSSR count). The van der Waals surface area contributed by atoms with E-state index in [4.69, 9.17) is 31.6 Å². The number of halogens is 1. The van der Waals surface area contributed by atoms with E-state index < -0.39 is 5.56 Å². The van der Waals surface area contributed by atoms with E-state index in [-0.39, 0.29) is 35.5 Å². The molecule has 0 amide bonds. The molecule has 2 unspecified atom stereocenters. The zero-order valence-electron chi connectivity index (χ0n) is 10.6. The van der Waals surface area contributed by atoms with E-state index in [1.807, 2.05) is 0 Å². The lowest BCUT2D eigenvalue weighted by Crippen LogP contribution is -2.41. The lowest BCUT2D eigenvalue weighted by Gasteiger charge is -2.28. The van der Waals surface area contributed by atoms with Crippen LogP contribution < -0.4 is 10.9 Å². The topological polar surface area (TPSA) is 120 Å². The quantitative estimate of drug-likeness (QED) is 0.434. The summed E-state index contributed by atoms with van der Waals surface area (Å²) in [6.07, 6.45) is 0.402. The Balaban J connectivity index is 1.98. The maximum Gasteiger partial charge on any atom is 0.275 e. The highest BCUT2D eigenvalue weighted by molar-refractivity contribution is 6.28. The number of aromatic nitrogens is 2. The Hall–Kier alpha value is -1.48. The minimum Gasteiger partial charge on any atom is -0.394 e. The SMILES string of the molecule is N=Cc1nc(Cl)[nH]c(=O)c1NCC1COC(CO)CO1. The molecule has 0 saturated carbocycles. The molecule has 20 heavy (non-hydrogen) atoms. The van der Waals surface area contributed by atoms with E-state index in [0.717, 1.165) is 6.21 Å². The van der Waals surface area contributed by atoms with Crippen molar-refractivity contribution >= 4 is 23.5 Å². The monoisotopic (exact) mass is 302 g/mol. The molecule has 1 aliphatic rings. The highest BCUT2D eigenvalue weighted by Gasteiger charge is 2.22. The molecule has 1 saturated heterocycles. The predicted molar refractivity (Wildman–Crippen MR) is 72.8 cm³/mol. The molecule has 2 heterocycles. The summed E-state index contributed by atoms with van der Waals surface area (Å²) >= 11 is 5.62. The van der Waals surface area contributed by atoms with Crippen LogP contribution in [0.2, 0.25) is 5.28 Å². The molecular weight excluding hydrogens is 288 g/mol. The van der Waals surface area contributed by atoms with Crippen LogP contribution in [0.5, 0.6) is 0 Å². The van der Waals surface area contributed by atoms with Gasteiger partial charge in [0.25, 0.3) is 5.56 Å². The van der Waals surface area contributed by atoms with E-state index in [1.54, 1.807) is 0 Å². The number of aromatic amines is 1. The number of ether oxygens (including phenoxy) is 2. The van der Waals surface area contributed by atoms with Gasteiger partial charge in [-0.1, -0.05) is 0 Å². The second kappa shape index (κ2) is 6.80. The Morgan fingerprint density at radius 1 is 1.50 bits per heavy atom. The molecule has 110 valence electrons. The molecule has 0 bridgehead atoms. The van der Waals surface area contributed by atoms with E-state index in [0.29, 0.717) is 19.8 Å². The van der Waals surface area contributed by atoms with Crippen LogP contribution in [-0.2, 0) is 9.47 Å². The van der Waals surface area contributed by atoms with Crippen molar-refractivity contribution in [3.63, 3.8) is 0 Å². The van der Waals surface area contributed by atoms with E-state index in [1.165, 1.54) is 0 Å². The average Bonchev–Trinajstić information content (AvgIpc) is 2.46. The summed E-state index contributed by atoms with van der Waals surface area (Å²) in [5.74, 6) is 0. The summed E-state index contributed by atoms with van der Waals surface area (Å²) in [6.45, 7) is 0.858. The van der Waals surface area contributed by atoms with Crippen molar-refractivity contribution in [2.75, 3.05) is 31.7 Å². The van der Waals surface area contributed by atoms with Crippen LogP contribution in [0.1, 0.15) is 5.69 Å². The van der Waals surface area contributed by atoms with Crippen LogP contribution in [0.15, 0.2) is 4.79 Å². The highest BCUT2D eigenvalue weighted by atomic mass is 35.5. The van der Waals surface area contributed by atoms with Gasteiger partial charge in [-0.3, -0.25) is 9.78 Å². The molecule has 2 atom stereocenters. The van der Waals surface area contributed by atoms with Gasteiger partial charge < -0.3 is 25.3 Å². The molecule has 0 spiro atoms. The van der Waals surface area contributed by atoms with Crippen LogP contribution in [-0.4, -0.2) is 59.9 Å². The fourth-order valence-corrected chi connectivity index (χ4v) is 1.94. The van der Waals surface area contributed by atoms with Gasteiger partial charge in [0.1, 0.15) is 17.5 Å². The van der Waals surface area contributed by atoms with Gasteiger partial charge in [-0.15, -0.1) is 0 Å². The third-order valence-electron chi connectivity index (χ3n) is 2.80. The van der Waals surface area contributed by atoms with Gasteiger partial charge in [-0.2, -0.15) is 0 Å². The summed E-state index contributed by atoms with van der Waals surface area (Å²) in [6, 6.07) is 0. The van der Waals surface area contributed by atoms with Crippen molar-refractivity contribution in [2.45, 2.75) is 12.2 Å². The van der Waals surface area contributed by atoms with Gasteiger partial charge >= 0.3 is 0 Å². The normalized spacial score (nSPS) is 22.5. The number of hydrogen-bond donors (Lipinski definition) is 4. The van der Waals surface area contributed by atoms with E-state index in [9.17, 15) is 4.79 Å². The summed E-state index contributed by atoms with van der Waals surface area (Å²) in [5, 5.41) is 18.9. The van der Waals surface area contributed by atoms with Crippen molar-refractivity contribution in [3.05, 3.63) is 21.3 Å². The van der Waals surface area contributed by atoms with Crippen molar-refractivity contribution < 1.29 is 14.6 Å². The number of nitrogens with zero attached hydrogens (tertiary/aromatic N) is 1. The molecule has 0 aromatic carbocycles. The second-order valence-electron chi connectivity index (χ2n) is 4.24. The Labute approximate surface area is 119 Å². The summed E-state index contributed by atoms with van der Waals surface area (Å²) in [5.41, 5.74) is -0.130. The third-order valence-corrected chi connectivity index (χ3v) is 2.98. The van der Waals surface area contributed by atoms with Crippen LogP contribution >= 0.6 is 11.6 Å². The number of anilines is 1. The van der Waals surface area contributed by atoms with Gasteiger partial charge in [0.15, 0.2) is 0 Å². The maximum atomic E-state index is 11.7. The molecule has 1 fully saturated rings. The van der Waals surface area contributed by atoms with Gasteiger partial charge in [-0.25, -0.2) is 4.98 Å². The smallest absolute Gasteiger partial charge is 0.275 e. The summed E-state index contributed by atoms with van der Waals surface area (Å²) < 4.78 is 10.8. The number of hydrogen-bond acceptors (Lipinski definition) is 7. The zero-order chi connectivity index (χ0) is 14.5. The zero-order valence-corrected chi connectivity index (χ0v) is 11.3. The molecule has 1 aromatic rings. The Morgan fingerprint density at radius 3 is 2.80 bits per heavy atom. The van der Waals surface area contributed by atoms with Crippen LogP contribution in [0.25, 0.3) is 0 Å². The minimum absolute atomic E-state index is 0.0675.